The number of aryl methyl sites for hydroxylation is 1. The predicted molar refractivity (Wildman–Crippen MR) is 71.2 cm³/mol. The Labute approximate surface area is 108 Å². The number of hydrogen-bond donors (Lipinski definition) is 2. The number of ether oxygens (including phenoxy) is 1. The molecule has 1 saturated heterocycles. The Morgan fingerprint density at radius 3 is 2.72 bits per heavy atom. The maximum absolute atomic E-state index is 5.92. The summed E-state index contributed by atoms with van der Waals surface area (Å²) in [4.78, 5) is 8.83. The van der Waals surface area contributed by atoms with Gasteiger partial charge < -0.3 is 15.9 Å². The van der Waals surface area contributed by atoms with Gasteiger partial charge in [-0.15, -0.1) is 0 Å². The van der Waals surface area contributed by atoms with Gasteiger partial charge in [0.1, 0.15) is 17.5 Å². The Bertz CT molecular complexity index is 404. The summed E-state index contributed by atoms with van der Waals surface area (Å²) in [6.07, 6.45) is 1.86. The lowest BCUT2D eigenvalue weighted by Crippen LogP contribution is -2.40. The molecule has 0 aromatic carbocycles. The van der Waals surface area contributed by atoms with E-state index in [0.717, 1.165) is 56.4 Å². The molecule has 6 nitrogen and oxygen atoms in total. The van der Waals surface area contributed by atoms with Crippen LogP contribution in [-0.4, -0.2) is 41.3 Å². The van der Waals surface area contributed by atoms with Crippen molar-refractivity contribution >= 4 is 11.6 Å². The van der Waals surface area contributed by atoms with Crippen LogP contribution in [-0.2, 0) is 11.2 Å². The van der Waals surface area contributed by atoms with E-state index in [9.17, 15) is 0 Å². The van der Waals surface area contributed by atoms with Gasteiger partial charge in [-0.3, -0.25) is 0 Å². The molecule has 1 fully saturated rings. The van der Waals surface area contributed by atoms with Gasteiger partial charge in [0.25, 0.3) is 0 Å². The van der Waals surface area contributed by atoms with E-state index in [2.05, 4.69) is 27.3 Å². The zero-order valence-electron chi connectivity index (χ0n) is 11.1. The highest BCUT2D eigenvalue weighted by atomic mass is 16.5. The van der Waals surface area contributed by atoms with Gasteiger partial charge >= 0.3 is 0 Å². The van der Waals surface area contributed by atoms with Gasteiger partial charge in [0.05, 0.1) is 13.2 Å². The van der Waals surface area contributed by atoms with E-state index in [1.165, 1.54) is 0 Å². The summed E-state index contributed by atoms with van der Waals surface area (Å²) in [5.74, 6) is 2.17. The minimum absolute atomic E-state index is 0.559. The van der Waals surface area contributed by atoms with Crippen LogP contribution in [0.1, 0.15) is 24.7 Å². The van der Waals surface area contributed by atoms with E-state index in [0.29, 0.717) is 5.82 Å². The van der Waals surface area contributed by atoms with Crippen molar-refractivity contribution in [3.8, 4) is 0 Å². The van der Waals surface area contributed by atoms with Crippen LogP contribution in [0.3, 0.4) is 0 Å². The fourth-order valence-corrected chi connectivity index (χ4v) is 1.85. The Morgan fingerprint density at radius 2 is 2.06 bits per heavy atom. The number of nitrogens with one attached hydrogen (secondary N) is 1. The predicted octanol–water partition coefficient (Wildman–Crippen LogP) is 0.979. The van der Waals surface area contributed by atoms with Crippen molar-refractivity contribution < 1.29 is 4.74 Å². The minimum atomic E-state index is 0.559. The normalized spacial score (nSPS) is 16.8. The first kappa shape index (κ1) is 13.0. The second-order valence-electron chi connectivity index (χ2n) is 4.46. The van der Waals surface area contributed by atoms with E-state index >= 15 is 0 Å². The molecule has 0 atom stereocenters. The smallest absolute Gasteiger partial charge is 0.149 e. The van der Waals surface area contributed by atoms with Gasteiger partial charge in [0.15, 0.2) is 0 Å². The van der Waals surface area contributed by atoms with Gasteiger partial charge in [-0.25, -0.2) is 15.0 Å². The summed E-state index contributed by atoms with van der Waals surface area (Å²) in [6, 6.07) is 0. The molecule has 1 aromatic heterocycles. The molecule has 1 aliphatic rings. The minimum Gasteiger partial charge on any atom is -0.383 e. The molecular formula is C12H21N5O. The molecule has 0 saturated carbocycles. The average Bonchev–Trinajstić information content (AvgIpc) is 2.37. The Morgan fingerprint density at radius 1 is 1.33 bits per heavy atom. The van der Waals surface area contributed by atoms with E-state index in [1.807, 2.05) is 6.92 Å². The van der Waals surface area contributed by atoms with E-state index in [1.54, 1.807) is 0 Å². The quantitative estimate of drug-likeness (QED) is 0.830. The molecule has 0 bridgehead atoms. The zero-order valence-corrected chi connectivity index (χ0v) is 11.1. The fourth-order valence-electron chi connectivity index (χ4n) is 1.85. The topological polar surface area (TPSA) is 76.3 Å². The zero-order chi connectivity index (χ0) is 13.0. The molecule has 0 amide bonds. The maximum atomic E-state index is 5.92. The van der Waals surface area contributed by atoms with Crippen molar-refractivity contribution in [2.75, 3.05) is 37.5 Å². The van der Waals surface area contributed by atoms with Crippen molar-refractivity contribution in [1.29, 1.82) is 0 Å². The molecule has 6 heteroatoms. The third kappa shape index (κ3) is 3.08. The highest BCUT2D eigenvalue weighted by Crippen LogP contribution is 2.18. The largest absolute Gasteiger partial charge is 0.383 e. The standard InChI is InChI=1S/C12H21N5O/c1-3-4-10-14-11(13)9(2)12(15-10)16-17-5-7-18-8-6-17/h3-8H2,1-2H3,(H3,13,14,15,16). The average molecular weight is 251 g/mol. The third-order valence-electron chi connectivity index (χ3n) is 2.98. The lowest BCUT2D eigenvalue weighted by atomic mass is 10.2. The summed E-state index contributed by atoms with van der Waals surface area (Å²) in [7, 11) is 0. The molecule has 0 unspecified atom stereocenters. The first-order valence-corrected chi connectivity index (χ1v) is 6.43. The van der Waals surface area contributed by atoms with Gasteiger partial charge in [-0.05, 0) is 13.3 Å². The van der Waals surface area contributed by atoms with Gasteiger partial charge in [-0.2, -0.15) is 0 Å². The number of nitrogens with two attached hydrogens (primary N) is 1. The van der Waals surface area contributed by atoms with E-state index < -0.39 is 0 Å². The van der Waals surface area contributed by atoms with Gasteiger partial charge in [0.2, 0.25) is 0 Å². The molecule has 18 heavy (non-hydrogen) atoms. The van der Waals surface area contributed by atoms with Crippen molar-refractivity contribution in [3.63, 3.8) is 0 Å². The van der Waals surface area contributed by atoms with Crippen molar-refractivity contribution in [2.45, 2.75) is 26.7 Å². The summed E-state index contributed by atoms with van der Waals surface area (Å²) < 4.78 is 5.31. The van der Waals surface area contributed by atoms with Crippen LogP contribution in [0.15, 0.2) is 0 Å². The number of morpholine rings is 1. The molecule has 3 N–H and O–H groups in total. The highest BCUT2D eigenvalue weighted by molar-refractivity contribution is 5.54. The Kier molecular flexibility index (Phi) is 4.33. The van der Waals surface area contributed by atoms with Gasteiger partial charge in [-0.1, -0.05) is 6.92 Å². The second-order valence-corrected chi connectivity index (χ2v) is 4.46. The van der Waals surface area contributed by atoms with Crippen LogP contribution < -0.4 is 11.2 Å². The van der Waals surface area contributed by atoms with Crippen LogP contribution in [0.25, 0.3) is 0 Å². The Balaban J connectivity index is 2.14. The van der Waals surface area contributed by atoms with Crippen LogP contribution in [0, 0.1) is 6.92 Å². The molecular weight excluding hydrogens is 230 g/mol. The summed E-state index contributed by atoms with van der Waals surface area (Å²) >= 11 is 0. The number of nitrogens with zero attached hydrogens (tertiary/aromatic N) is 3. The lowest BCUT2D eigenvalue weighted by Gasteiger charge is -2.28. The fraction of sp³-hybridized carbons (Fsp3) is 0.667. The third-order valence-corrected chi connectivity index (χ3v) is 2.98. The van der Waals surface area contributed by atoms with E-state index in [4.69, 9.17) is 10.5 Å². The van der Waals surface area contributed by atoms with Crippen molar-refractivity contribution in [3.05, 3.63) is 11.4 Å². The van der Waals surface area contributed by atoms with Crippen LogP contribution in [0.4, 0.5) is 11.6 Å². The number of anilines is 2. The molecule has 0 spiro atoms. The molecule has 2 heterocycles. The van der Waals surface area contributed by atoms with Gasteiger partial charge in [0, 0.05) is 25.1 Å². The van der Waals surface area contributed by atoms with Crippen LogP contribution in [0.2, 0.25) is 0 Å². The van der Waals surface area contributed by atoms with Crippen LogP contribution >= 0.6 is 0 Å². The summed E-state index contributed by atoms with van der Waals surface area (Å²) in [5.41, 5.74) is 10.1. The second kappa shape index (κ2) is 5.97. The molecule has 1 aliphatic heterocycles. The maximum Gasteiger partial charge on any atom is 0.149 e. The SMILES string of the molecule is CCCc1nc(N)c(C)c(NN2CCOCC2)n1. The van der Waals surface area contributed by atoms with Crippen molar-refractivity contribution in [2.24, 2.45) is 0 Å². The molecule has 0 aliphatic carbocycles. The van der Waals surface area contributed by atoms with Crippen molar-refractivity contribution in [1.82, 2.24) is 15.0 Å². The molecule has 1 aromatic rings. The first-order valence-electron chi connectivity index (χ1n) is 6.43. The summed E-state index contributed by atoms with van der Waals surface area (Å²) in [5, 5.41) is 2.11. The highest BCUT2D eigenvalue weighted by Gasteiger charge is 2.14. The number of hydrazine groups is 1. The monoisotopic (exact) mass is 251 g/mol. The molecule has 100 valence electrons. The molecule has 0 radical (unpaired) electrons. The molecule has 2 rings (SSSR count). The number of aromatic nitrogens is 2. The number of hydrogen-bond acceptors (Lipinski definition) is 6. The summed E-state index contributed by atoms with van der Waals surface area (Å²) in [6.45, 7) is 7.24. The Hall–Kier alpha value is -1.40. The van der Waals surface area contributed by atoms with Crippen LogP contribution in [0.5, 0.6) is 0 Å². The first-order chi connectivity index (χ1) is 8.70. The lowest BCUT2D eigenvalue weighted by molar-refractivity contribution is 0.0494. The number of nitrogen functional groups attached to an aromatic ring is 1. The van der Waals surface area contributed by atoms with E-state index in [-0.39, 0.29) is 0 Å². The number of rotatable bonds is 4.